The maximum absolute atomic E-state index is 14.7. The Labute approximate surface area is 429 Å². The number of pyridine rings is 1. The minimum atomic E-state index is -1.92. The molecule has 396 valence electrons. The fourth-order valence-electron chi connectivity index (χ4n) is 11.0. The molecule has 3 aromatic rings. The van der Waals surface area contributed by atoms with Gasteiger partial charge in [-0.05, 0) is 89.2 Å². The zero-order valence-corrected chi connectivity index (χ0v) is 44.5. The Morgan fingerprint density at radius 2 is 1.68 bits per heavy atom. The molecule has 4 unspecified atom stereocenters. The van der Waals surface area contributed by atoms with Crippen molar-refractivity contribution in [3.05, 3.63) is 82.5 Å². The van der Waals surface area contributed by atoms with Gasteiger partial charge in [-0.3, -0.25) is 29.4 Å². The molecule has 1 spiro atoms. The van der Waals surface area contributed by atoms with Crippen LogP contribution in [0.5, 0.6) is 17.2 Å². The Hall–Kier alpha value is -5.88. The Kier molecular flexibility index (Phi) is 17.4. The van der Waals surface area contributed by atoms with Crippen LogP contribution >= 0.6 is 0 Å². The summed E-state index contributed by atoms with van der Waals surface area (Å²) in [5.41, 5.74) is 0.763. The predicted molar refractivity (Wildman–Crippen MR) is 280 cm³/mol. The van der Waals surface area contributed by atoms with Crippen LogP contribution in [0, 0.1) is 36.5 Å². The number of Topliss-reactive ketones (excluding diaryl/α,β-unsaturated/α-hetero) is 1. The number of rotatable bonds is 7. The van der Waals surface area contributed by atoms with Crippen LogP contribution in [0.4, 0.5) is 11.4 Å². The van der Waals surface area contributed by atoms with Crippen LogP contribution in [-0.4, -0.2) is 131 Å². The second-order valence-electron chi connectivity index (χ2n) is 21.5. The van der Waals surface area contributed by atoms with E-state index < -0.39 is 59.0 Å². The molecule has 17 nitrogen and oxygen atoms in total. The first kappa shape index (κ1) is 54.9. The molecule has 6 heterocycles. The van der Waals surface area contributed by atoms with E-state index in [4.69, 9.17) is 28.9 Å². The molecule has 2 fully saturated rings. The van der Waals surface area contributed by atoms with Crippen LogP contribution in [0.1, 0.15) is 103 Å². The van der Waals surface area contributed by atoms with E-state index in [-0.39, 0.29) is 61.6 Å². The zero-order valence-electron chi connectivity index (χ0n) is 44.5. The number of hydrogen-bond acceptors (Lipinski definition) is 16. The number of ketones is 1. The largest absolute Gasteiger partial charge is 0.507 e. The number of benzene rings is 2. The number of methoxy groups -OCH3 is 1. The maximum Gasteiger partial charge on any atom is 0.312 e. The third-order valence-corrected chi connectivity index (χ3v) is 15.3. The summed E-state index contributed by atoms with van der Waals surface area (Å²) >= 11 is 0. The molecule has 0 saturated carbocycles. The maximum atomic E-state index is 14.7. The Morgan fingerprint density at radius 1 is 0.986 bits per heavy atom. The molecular formula is C56H77N7O10. The van der Waals surface area contributed by atoms with Crippen LogP contribution in [-0.2, 0) is 23.8 Å². The Balaban J connectivity index is 0.000000477. The minimum absolute atomic E-state index is 0.00884. The van der Waals surface area contributed by atoms with E-state index in [1.54, 1.807) is 38.3 Å². The lowest BCUT2D eigenvalue weighted by Gasteiger charge is -2.36. The lowest BCUT2D eigenvalue weighted by Crippen LogP contribution is -2.43. The van der Waals surface area contributed by atoms with E-state index in [0.29, 0.717) is 43.3 Å². The van der Waals surface area contributed by atoms with E-state index in [1.807, 2.05) is 46.0 Å². The molecule has 1 amide bonds. The Morgan fingerprint density at radius 3 is 2.33 bits per heavy atom. The van der Waals surface area contributed by atoms with Crippen molar-refractivity contribution >= 4 is 40.3 Å². The average molecular weight is 1010 g/mol. The molecule has 2 saturated heterocycles. The van der Waals surface area contributed by atoms with Crippen LogP contribution < -0.4 is 26.1 Å². The number of phenols is 2. The molecule has 5 N–H and O–H groups in total. The van der Waals surface area contributed by atoms with E-state index in [2.05, 4.69) is 52.4 Å². The molecule has 5 aliphatic rings. The van der Waals surface area contributed by atoms with E-state index in [0.717, 1.165) is 25.3 Å². The van der Waals surface area contributed by atoms with Crippen molar-refractivity contribution in [1.29, 1.82) is 0 Å². The van der Waals surface area contributed by atoms with Gasteiger partial charge in [0.25, 0.3) is 18.2 Å². The summed E-state index contributed by atoms with van der Waals surface area (Å²) < 4.78 is 23.8. The molecule has 4 bridgehead atoms. The van der Waals surface area contributed by atoms with Crippen LogP contribution in [0.2, 0.25) is 0 Å². The van der Waals surface area contributed by atoms with Gasteiger partial charge >= 0.3 is 5.79 Å². The standard InChI is InChI=1S/C45H60N4O10.C11H17N3/c1-23(2)21-49-17-15-45(16-18-49)47-34-31-32-38(52)29(8)41-33(31)42(54)44(9,59-41)58-19-14-30(56-10)27(6)40(57-22-50)28(7)37(51)26(5)20-24(3)12-11-13-25(4)43(55)46-36(39(32)53)35(34)48-45;1-14-7-4-10(5-8-14)13-11-3-2-6-12-9-11/h11-14,19,22-24,26-28,30,37,40,51-53H,15-18,20-21H2,1-10H3,(H,46,55);2-3,6,9-10,13H,4-5,7-8H2,1H3/b12-11+,19-14+,25-13-;/t24?,26-,27-,28-,30+,37?,40?,44?;/m1./s1. The van der Waals surface area contributed by atoms with Crippen LogP contribution in [0.15, 0.2) is 70.7 Å². The first-order valence-corrected chi connectivity index (χ1v) is 25.9. The number of aromatic hydroxyl groups is 2. The second-order valence-corrected chi connectivity index (χ2v) is 21.5. The number of anilines is 2. The number of phenolic OH excluding ortho intramolecular Hbond substituents is 2. The molecule has 17 heteroatoms. The summed E-state index contributed by atoms with van der Waals surface area (Å²) in [5, 5.41) is 42.3. The normalized spacial score (nSPS) is 29.7. The van der Waals surface area contributed by atoms with Crippen molar-refractivity contribution in [2.45, 2.75) is 130 Å². The number of hydrogen-bond donors (Lipinski definition) is 5. The van der Waals surface area contributed by atoms with Crippen molar-refractivity contribution < 1.29 is 48.7 Å². The molecule has 73 heavy (non-hydrogen) atoms. The third-order valence-electron chi connectivity index (χ3n) is 15.3. The van der Waals surface area contributed by atoms with Crippen LogP contribution in [0.25, 0.3) is 10.8 Å². The highest BCUT2D eigenvalue weighted by atomic mass is 16.7. The fourth-order valence-corrected chi connectivity index (χ4v) is 11.0. The highest BCUT2D eigenvalue weighted by Gasteiger charge is 2.50. The van der Waals surface area contributed by atoms with E-state index in [1.165, 1.54) is 46.2 Å². The van der Waals surface area contributed by atoms with Gasteiger partial charge in [0.05, 0.1) is 40.5 Å². The Bertz CT molecular complexity index is 2710. The topological polar surface area (TPSA) is 217 Å². The molecule has 8 atom stereocenters. The number of aliphatic hydroxyl groups excluding tert-OH is 1. The molecule has 0 aliphatic carbocycles. The highest BCUT2D eigenvalue weighted by Crippen LogP contribution is 2.50. The molecular weight excluding hydrogens is 931 g/mol. The van der Waals surface area contributed by atoms with Gasteiger partial charge in [-0.2, -0.15) is 0 Å². The van der Waals surface area contributed by atoms with Gasteiger partial charge in [-0.15, -0.1) is 0 Å². The first-order chi connectivity index (χ1) is 34.7. The number of amides is 1. The third kappa shape index (κ3) is 11.9. The number of carbonyl (C=O) groups excluding carboxylic acids is 3. The van der Waals surface area contributed by atoms with E-state index in [9.17, 15) is 29.7 Å². The van der Waals surface area contributed by atoms with Crippen molar-refractivity contribution in [2.24, 2.45) is 39.6 Å². The summed E-state index contributed by atoms with van der Waals surface area (Å²) in [7, 11) is 3.68. The van der Waals surface area contributed by atoms with E-state index >= 15 is 0 Å². The van der Waals surface area contributed by atoms with Crippen molar-refractivity contribution in [3.8, 4) is 17.2 Å². The summed E-state index contributed by atoms with van der Waals surface area (Å²) in [4.78, 5) is 59.4. The summed E-state index contributed by atoms with van der Waals surface area (Å²) in [5.74, 6) is -4.42. The number of ether oxygens (including phenoxy) is 4. The molecule has 0 radical (unpaired) electrons. The molecule has 2 aromatic carbocycles. The van der Waals surface area contributed by atoms with Gasteiger partial charge < -0.3 is 54.7 Å². The number of aromatic nitrogens is 1. The van der Waals surface area contributed by atoms with Gasteiger partial charge in [0.15, 0.2) is 11.4 Å². The minimum Gasteiger partial charge on any atom is -0.507 e. The number of piperidine rings is 2. The number of fused-ring (bicyclic) bond motifs is 1. The second kappa shape index (κ2) is 23.1. The average Bonchev–Trinajstić information content (AvgIpc) is 3.86. The van der Waals surface area contributed by atoms with Crippen LogP contribution in [0.3, 0.4) is 0 Å². The number of nitrogens with zero attached hydrogens (tertiary/aromatic N) is 5. The number of allylic oxidation sites excluding steroid dienone is 3. The molecule has 1 aromatic heterocycles. The highest BCUT2D eigenvalue weighted by molar-refractivity contribution is 6.19. The smallest absolute Gasteiger partial charge is 0.312 e. The number of carbonyl (C=O) groups is 3. The summed E-state index contributed by atoms with van der Waals surface area (Å²) in [6, 6.07) is 4.66. The lowest BCUT2D eigenvalue weighted by molar-refractivity contribution is -0.146. The number of likely N-dealkylation sites (tertiary alicyclic amines) is 2. The summed E-state index contributed by atoms with van der Waals surface area (Å²) in [6.07, 6.45) is 13.9. The van der Waals surface area contributed by atoms with Gasteiger partial charge in [0.2, 0.25) is 0 Å². The van der Waals surface area contributed by atoms with Crippen molar-refractivity contribution in [3.63, 3.8) is 0 Å². The number of nitrogens with one attached hydrogen (secondary N) is 2. The monoisotopic (exact) mass is 1010 g/mol. The van der Waals surface area contributed by atoms with Crippen molar-refractivity contribution in [1.82, 2.24) is 14.8 Å². The predicted octanol–water partition coefficient (Wildman–Crippen LogP) is 6.98. The van der Waals surface area contributed by atoms with Gasteiger partial charge in [0.1, 0.15) is 28.6 Å². The SMILES string of the molecule is CN1CCC(Nc2cccnc2)CC1.CO[C@H]1/C=C/OC2(C)Oc3c(C)c(O)c4c(O)c(c5c(c4c3C2=O)=NC2(CCN(CC(C)C)CC2)N=5)NC(=O)/C(C)=C\C=C\C(C)C[C@@H](C)C(O)[C@@H](C)C(OC=O)[C@@H]1C. The van der Waals surface area contributed by atoms with Gasteiger partial charge in [0, 0.05) is 93.3 Å². The first-order valence-electron chi connectivity index (χ1n) is 25.9. The molecule has 8 rings (SSSR count). The zero-order chi connectivity index (χ0) is 52.9. The number of aliphatic hydroxyl groups is 1. The summed E-state index contributed by atoms with van der Waals surface area (Å²) in [6.45, 7) is 21.8. The molecule has 5 aliphatic heterocycles. The van der Waals surface area contributed by atoms with Gasteiger partial charge in [-0.25, -0.2) is 0 Å². The van der Waals surface area contributed by atoms with Crippen molar-refractivity contribution in [2.75, 3.05) is 57.5 Å². The lowest BCUT2D eigenvalue weighted by atomic mass is 9.79. The fraction of sp³-hybridized carbons (Fsp3) is 0.571. The quantitative estimate of drug-likeness (QED) is 0.119. The van der Waals surface area contributed by atoms with Gasteiger partial charge in [-0.1, -0.05) is 59.8 Å².